The van der Waals surface area contributed by atoms with Crippen LogP contribution in [0.1, 0.15) is 39.0 Å². The zero-order chi connectivity index (χ0) is 26.2. The molecule has 0 aromatic heterocycles. The summed E-state index contributed by atoms with van der Waals surface area (Å²) in [7, 11) is 0. The molecule has 1 aromatic rings. The summed E-state index contributed by atoms with van der Waals surface area (Å²) < 4.78 is 11.5. The zero-order valence-electron chi connectivity index (χ0n) is 21.6. The van der Waals surface area contributed by atoms with Crippen molar-refractivity contribution in [3.8, 4) is 5.75 Å². The Balaban J connectivity index is 1.18. The third-order valence-electron chi connectivity index (χ3n) is 8.14. The average Bonchev–Trinajstić information content (AvgIpc) is 3.30. The molecule has 0 saturated carbocycles. The Kier molecular flexibility index (Phi) is 7.24. The Morgan fingerprint density at radius 3 is 2.68 bits per heavy atom. The van der Waals surface area contributed by atoms with Crippen molar-refractivity contribution in [1.29, 1.82) is 0 Å². The van der Waals surface area contributed by atoms with Gasteiger partial charge in [0.2, 0.25) is 5.91 Å². The highest BCUT2D eigenvalue weighted by atomic mass is 32.2. The van der Waals surface area contributed by atoms with E-state index in [-0.39, 0.29) is 47.3 Å². The quantitative estimate of drug-likeness (QED) is 0.524. The maximum Gasteiger partial charge on any atom is 0.326 e. The monoisotopic (exact) mass is 541 g/mol. The van der Waals surface area contributed by atoms with E-state index in [1.54, 1.807) is 11.8 Å². The average molecular weight is 542 g/mol. The van der Waals surface area contributed by atoms with Crippen LogP contribution in [0.25, 0.3) is 0 Å². The molecule has 5 aliphatic heterocycles. The first-order valence-electron chi connectivity index (χ1n) is 13.6. The van der Waals surface area contributed by atoms with Crippen molar-refractivity contribution in [1.82, 2.24) is 20.9 Å². The van der Waals surface area contributed by atoms with Gasteiger partial charge in [0.05, 0.1) is 29.5 Å². The molecule has 38 heavy (non-hydrogen) atoms. The molecule has 4 saturated heterocycles. The number of hydrogen-bond donors (Lipinski definition) is 3. The van der Waals surface area contributed by atoms with Gasteiger partial charge in [-0.3, -0.25) is 14.5 Å². The summed E-state index contributed by atoms with van der Waals surface area (Å²) in [5.41, 5.74) is 1.54. The van der Waals surface area contributed by atoms with Crippen LogP contribution in [0.5, 0.6) is 5.75 Å². The van der Waals surface area contributed by atoms with E-state index in [2.05, 4.69) is 16.0 Å². The highest BCUT2D eigenvalue weighted by Crippen LogP contribution is 2.48. The predicted octanol–water partition coefficient (Wildman–Crippen LogP) is 2.16. The van der Waals surface area contributed by atoms with E-state index in [1.807, 2.05) is 29.2 Å². The van der Waals surface area contributed by atoms with Crippen LogP contribution in [0.4, 0.5) is 10.5 Å². The van der Waals surface area contributed by atoms with Gasteiger partial charge in [-0.1, -0.05) is 11.8 Å². The predicted molar refractivity (Wildman–Crippen MR) is 144 cm³/mol. The molecule has 5 aliphatic rings. The van der Waals surface area contributed by atoms with Crippen molar-refractivity contribution in [2.75, 3.05) is 37.7 Å². The largest absolute Gasteiger partial charge is 0.490 e. The third kappa shape index (κ3) is 4.99. The van der Waals surface area contributed by atoms with Crippen LogP contribution < -0.4 is 25.6 Å². The van der Waals surface area contributed by atoms with Gasteiger partial charge in [-0.15, -0.1) is 0 Å². The number of thioether (sulfide) groups is 1. The summed E-state index contributed by atoms with van der Waals surface area (Å²) in [6, 6.07) is 7.40. The molecule has 4 atom stereocenters. The number of piperidine rings is 2. The van der Waals surface area contributed by atoms with E-state index in [1.165, 1.54) is 11.8 Å². The molecule has 5 heterocycles. The lowest BCUT2D eigenvalue weighted by molar-refractivity contribution is -0.131. The maximum atomic E-state index is 13.4. The lowest BCUT2D eigenvalue weighted by atomic mass is 9.86. The van der Waals surface area contributed by atoms with Gasteiger partial charge >= 0.3 is 6.03 Å². The van der Waals surface area contributed by atoms with Gasteiger partial charge in [-0.25, -0.2) is 4.79 Å². The smallest absolute Gasteiger partial charge is 0.326 e. The van der Waals surface area contributed by atoms with Crippen molar-refractivity contribution in [2.45, 2.75) is 62.6 Å². The standard InChI is InChI=1S/C27H35N5O5S/c1-16(33)31-12-2-3-17(15-31)29-25(34)24-23-22-21(8-11-28-26(22)38-24)32(27(35)30-23)18-4-6-19(7-5-18)37-20-9-13-36-14-10-20/h4-7,17,20-22,26,28H,2-3,8-15H2,1H3,(H,29,34)(H,30,35)/t17-,21?,22?,26?/m1/s1. The van der Waals surface area contributed by atoms with Crippen LogP contribution in [-0.2, 0) is 14.3 Å². The number of nitrogens with zero attached hydrogens (tertiary/aromatic N) is 2. The molecule has 204 valence electrons. The second kappa shape index (κ2) is 10.8. The summed E-state index contributed by atoms with van der Waals surface area (Å²) in [5.74, 6) is 0.648. The van der Waals surface area contributed by atoms with E-state index < -0.39 is 0 Å². The number of benzene rings is 1. The molecule has 4 fully saturated rings. The summed E-state index contributed by atoms with van der Waals surface area (Å²) in [5, 5.41) is 9.76. The van der Waals surface area contributed by atoms with E-state index in [0.29, 0.717) is 11.4 Å². The zero-order valence-corrected chi connectivity index (χ0v) is 22.4. The van der Waals surface area contributed by atoms with E-state index >= 15 is 0 Å². The summed E-state index contributed by atoms with van der Waals surface area (Å²) in [6.45, 7) is 5.03. The van der Waals surface area contributed by atoms with Gasteiger partial charge in [0, 0.05) is 56.2 Å². The maximum absolute atomic E-state index is 13.4. The molecular weight excluding hydrogens is 506 g/mol. The van der Waals surface area contributed by atoms with Crippen LogP contribution in [-0.4, -0.2) is 79.2 Å². The van der Waals surface area contributed by atoms with Crippen molar-refractivity contribution >= 4 is 35.3 Å². The summed E-state index contributed by atoms with van der Waals surface area (Å²) >= 11 is 1.50. The molecule has 0 spiro atoms. The van der Waals surface area contributed by atoms with Crippen molar-refractivity contribution in [3.05, 3.63) is 34.9 Å². The topological polar surface area (TPSA) is 112 Å². The second-order valence-corrected chi connectivity index (χ2v) is 11.8. The Bertz CT molecular complexity index is 1120. The van der Waals surface area contributed by atoms with Crippen LogP contribution in [0, 0.1) is 5.92 Å². The van der Waals surface area contributed by atoms with Crippen molar-refractivity contribution < 1.29 is 23.9 Å². The number of carbonyl (C=O) groups excluding carboxylic acids is 3. The minimum atomic E-state index is -0.215. The number of likely N-dealkylation sites (tertiary alicyclic amines) is 1. The minimum Gasteiger partial charge on any atom is -0.490 e. The first kappa shape index (κ1) is 25.5. The van der Waals surface area contributed by atoms with Crippen LogP contribution in [0.3, 0.4) is 0 Å². The number of urea groups is 1. The lowest BCUT2D eigenvalue weighted by Crippen LogP contribution is -2.62. The molecular formula is C27H35N5O5S. The van der Waals surface area contributed by atoms with E-state index in [4.69, 9.17) is 9.47 Å². The highest BCUT2D eigenvalue weighted by Gasteiger charge is 2.51. The van der Waals surface area contributed by atoms with Gasteiger partial charge in [0.25, 0.3) is 5.91 Å². The number of amides is 4. The van der Waals surface area contributed by atoms with Gasteiger partial charge in [-0.05, 0) is 50.1 Å². The van der Waals surface area contributed by atoms with Gasteiger partial charge in [-0.2, -0.15) is 0 Å². The Morgan fingerprint density at radius 2 is 1.92 bits per heavy atom. The highest BCUT2D eigenvalue weighted by molar-refractivity contribution is 8.04. The molecule has 0 radical (unpaired) electrons. The molecule has 0 bridgehead atoms. The third-order valence-corrected chi connectivity index (χ3v) is 9.49. The van der Waals surface area contributed by atoms with Gasteiger partial charge in [0.1, 0.15) is 11.9 Å². The normalized spacial score (nSPS) is 29.6. The fourth-order valence-electron chi connectivity index (χ4n) is 6.23. The van der Waals surface area contributed by atoms with Gasteiger partial charge in [0.15, 0.2) is 0 Å². The molecule has 3 unspecified atom stereocenters. The summed E-state index contributed by atoms with van der Waals surface area (Å²) in [4.78, 5) is 42.8. The minimum absolute atomic E-state index is 0.00885. The Morgan fingerprint density at radius 1 is 1.13 bits per heavy atom. The number of nitrogens with one attached hydrogen (secondary N) is 3. The number of rotatable bonds is 5. The molecule has 1 aromatic carbocycles. The van der Waals surface area contributed by atoms with Crippen molar-refractivity contribution in [3.63, 3.8) is 0 Å². The SMILES string of the molecule is CC(=O)N1CCC[C@@H](NC(=O)C2=C3NC(=O)N(c4ccc(OC5CCOCC5)cc4)C4CCNC(S2)C34)C1. The number of anilines is 1. The summed E-state index contributed by atoms with van der Waals surface area (Å²) in [6.07, 6.45) is 4.42. The van der Waals surface area contributed by atoms with E-state index in [9.17, 15) is 14.4 Å². The number of carbonyl (C=O) groups is 3. The molecule has 4 amide bonds. The lowest BCUT2D eigenvalue weighted by Gasteiger charge is -2.45. The van der Waals surface area contributed by atoms with Gasteiger partial charge < -0.3 is 30.3 Å². The molecule has 10 nitrogen and oxygen atoms in total. The second-order valence-electron chi connectivity index (χ2n) is 10.6. The Hall–Kier alpha value is -2.76. The first-order chi connectivity index (χ1) is 18.5. The number of hydrogen-bond acceptors (Lipinski definition) is 7. The van der Waals surface area contributed by atoms with Crippen LogP contribution in [0.15, 0.2) is 34.9 Å². The van der Waals surface area contributed by atoms with Crippen molar-refractivity contribution in [2.24, 2.45) is 5.92 Å². The molecule has 3 N–H and O–H groups in total. The Labute approximate surface area is 226 Å². The van der Waals surface area contributed by atoms with Crippen LogP contribution in [0.2, 0.25) is 0 Å². The molecule has 0 aliphatic carbocycles. The fourth-order valence-corrected chi connectivity index (χ4v) is 7.63. The fraction of sp³-hybridized carbons (Fsp3) is 0.593. The first-order valence-corrected chi connectivity index (χ1v) is 14.5. The number of ether oxygens (including phenoxy) is 2. The molecule has 6 rings (SSSR count). The molecule has 11 heteroatoms. The van der Waals surface area contributed by atoms with E-state index in [0.717, 1.165) is 75.5 Å². The van der Waals surface area contributed by atoms with Crippen LogP contribution >= 0.6 is 11.8 Å².